The highest BCUT2D eigenvalue weighted by Gasteiger charge is 2.14. The maximum absolute atomic E-state index is 11.0. The summed E-state index contributed by atoms with van der Waals surface area (Å²) in [4.78, 5) is 11.0. The van der Waals surface area contributed by atoms with Gasteiger partial charge >= 0.3 is 5.97 Å². The van der Waals surface area contributed by atoms with Gasteiger partial charge in [0, 0.05) is 13.0 Å². The molecule has 1 saturated heterocycles. The van der Waals surface area contributed by atoms with Crippen molar-refractivity contribution in [3.63, 3.8) is 0 Å². The zero-order chi connectivity index (χ0) is 13.4. The molecule has 0 aliphatic carbocycles. The van der Waals surface area contributed by atoms with E-state index in [0.717, 1.165) is 25.9 Å². The Morgan fingerprint density at radius 3 is 2.61 bits per heavy atom. The van der Waals surface area contributed by atoms with Gasteiger partial charge < -0.3 is 14.2 Å². The molecule has 4 heteroatoms. The van der Waals surface area contributed by atoms with Crippen molar-refractivity contribution < 1.29 is 19.0 Å². The van der Waals surface area contributed by atoms with Crippen LogP contribution in [0.1, 0.15) is 46.0 Å². The molecule has 1 heterocycles. The summed E-state index contributed by atoms with van der Waals surface area (Å²) in [5.74, 6) is -0.168. The fraction of sp³-hybridized carbons (Fsp3) is 0.786. The summed E-state index contributed by atoms with van der Waals surface area (Å²) >= 11 is 0. The van der Waals surface area contributed by atoms with Crippen molar-refractivity contribution in [3.05, 3.63) is 11.1 Å². The second kappa shape index (κ2) is 8.27. The first-order valence-corrected chi connectivity index (χ1v) is 6.58. The predicted molar refractivity (Wildman–Crippen MR) is 69.2 cm³/mol. The van der Waals surface area contributed by atoms with E-state index in [-0.39, 0.29) is 12.3 Å². The van der Waals surface area contributed by atoms with E-state index < -0.39 is 0 Å². The lowest BCUT2D eigenvalue weighted by atomic mass is 10.1. The van der Waals surface area contributed by atoms with E-state index in [1.165, 1.54) is 24.7 Å². The van der Waals surface area contributed by atoms with Crippen molar-refractivity contribution in [2.75, 3.05) is 20.3 Å². The summed E-state index contributed by atoms with van der Waals surface area (Å²) in [7, 11) is 1.41. The molecular weight excluding hydrogens is 232 g/mol. The van der Waals surface area contributed by atoms with E-state index in [1.807, 2.05) is 13.8 Å². The van der Waals surface area contributed by atoms with Crippen LogP contribution in [0.15, 0.2) is 11.1 Å². The third kappa shape index (κ3) is 5.65. The minimum absolute atomic E-state index is 0.0536. The van der Waals surface area contributed by atoms with Crippen molar-refractivity contribution in [1.82, 2.24) is 0 Å². The molecule has 0 aromatic rings. The highest BCUT2D eigenvalue weighted by molar-refractivity contribution is 5.69. The number of allylic oxidation sites excluding steroid dienone is 1. The smallest absolute Gasteiger partial charge is 0.305 e. The Kier molecular flexibility index (Phi) is 6.98. The molecule has 0 aromatic heterocycles. The molecule has 0 saturated carbocycles. The Morgan fingerprint density at radius 1 is 1.22 bits per heavy atom. The fourth-order valence-corrected chi connectivity index (χ4v) is 1.79. The molecule has 0 radical (unpaired) electrons. The summed E-state index contributed by atoms with van der Waals surface area (Å²) in [6, 6.07) is 0. The van der Waals surface area contributed by atoms with E-state index in [1.54, 1.807) is 0 Å². The molecule has 0 spiro atoms. The second-order valence-corrected chi connectivity index (χ2v) is 4.74. The van der Waals surface area contributed by atoms with Crippen molar-refractivity contribution >= 4 is 5.97 Å². The topological polar surface area (TPSA) is 44.8 Å². The highest BCUT2D eigenvalue weighted by Crippen LogP contribution is 2.16. The molecular formula is C14H24O4. The van der Waals surface area contributed by atoms with Gasteiger partial charge in [0.15, 0.2) is 6.29 Å². The molecule has 1 rings (SSSR count). The lowest BCUT2D eigenvalue weighted by molar-refractivity contribution is -0.157. The van der Waals surface area contributed by atoms with Crippen molar-refractivity contribution in [1.29, 1.82) is 0 Å². The quantitative estimate of drug-likeness (QED) is 0.541. The molecule has 1 aliphatic rings. The van der Waals surface area contributed by atoms with Crippen molar-refractivity contribution in [2.24, 2.45) is 0 Å². The van der Waals surface area contributed by atoms with Gasteiger partial charge in [-0.3, -0.25) is 4.79 Å². The monoisotopic (exact) mass is 256 g/mol. The number of rotatable bonds is 6. The average Bonchev–Trinajstić information content (AvgIpc) is 2.42. The summed E-state index contributed by atoms with van der Waals surface area (Å²) in [6.07, 6.45) is 4.39. The third-order valence-electron chi connectivity index (χ3n) is 3.28. The lowest BCUT2D eigenvalue weighted by Gasteiger charge is -2.23. The lowest BCUT2D eigenvalue weighted by Crippen LogP contribution is -2.23. The molecule has 1 fully saturated rings. The van der Waals surface area contributed by atoms with Crippen molar-refractivity contribution in [3.8, 4) is 0 Å². The molecule has 1 aliphatic heterocycles. The Bertz CT molecular complexity index is 290. The van der Waals surface area contributed by atoms with Gasteiger partial charge in [-0.15, -0.1) is 0 Å². The van der Waals surface area contributed by atoms with E-state index in [9.17, 15) is 4.79 Å². The van der Waals surface area contributed by atoms with E-state index in [0.29, 0.717) is 13.0 Å². The average molecular weight is 256 g/mol. The molecule has 1 atom stereocenters. The number of carbonyl (C=O) groups is 1. The van der Waals surface area contributed by atoms with Gasteiger partial charge in [-0.2, -0.15) is 0 Å². The van der Waals surface area contributed by atoms with Crippen LogP contribution in [0, 0.1) is 0 Å². The van der Waals surface area contributed by atoms with Crippen LogP contribution >= 0.6 is 0 Å². The minimum Gasteiger partial charge on any atom is -0.469 e. The van der Waals surface area contributed by atoms with Crippen LogP contribution in [-0.2, 0) is 19.0 Å². The van der Waals surface area contributed by atoms with Gasteiger partial charge in [-0.25, -0.2) is 0 Å². The van der Waals surface area contributed by atoms with Gasteiger partial charge in [0.1, 0.15) is 0 Å². The Balaban J connectivity index is 2.27. The predicted octanol–water partition coefficient (Wildman–Crippen LogP) is 2.82. The van der Waals surface area contributed by atoms with Crippen LogP contribution < -0.4 is 0 Å². The molecule has 104 valence electrons. The summed E-state index contributed by atoms with van der Waals surface area (Å²) in [5, 5.41) is 0. The maximum Gasteiger partial charge on any atom is 0.305 e. The van der Waals surface area contributed by atoms with Gasteiger partial charge in [-0.1, -0.05) is 5.57 Å². The Morgan fingerprint density at radius 2 is 2.00 bits per heavy atom. The van der Waals surface area contributed by atoms with Crippen LogP contribution in [0.2, 0.25) is 0 Å². The maximum atomic E-state index is 11.0. The Hall–Kier alpha value is -0.870. The van der Waals surface area contributed by atoms with Crippen molar-refractivity contribution in [2.45, 2.75) is 52.2 Å². The van der Waals surface area contributed by atoms with Crippen LogP contribution in [0.3, 0.4) is 0 Å². The normalized spacial score (nSPS) is 21.4. The zero-order valence-electron chi connectivity index (χ0n) is 11.7. The number of esters is 1. The SMILES string of the molecule is COC(=O)CC/C(C)=C(/C)COC1CCCCO1. The standard InChI is InChI=1S/C14H24O4/c1-11(7-8-13(15)16-3)12(2)10-18-14-6-4-5-9-17-14/h14H,4-10H2,1-3H3/b12-11-. The fourth-order valence-electron chi connectivity index (χ4n) is 1.79. The molecule has 0 bridgehead atoms. The summed E-state index contributed by atoms with van der Waals surface area (Å²) in [5.41, 5.74) is 2.37. The largest absolute Gasteiger partial charge is 0.469 e. The van der Waals surface area contributed by atoms with Crippen LogP contribution in [0.5, 0.6) is 0 Å². The number of ether oxygens (including phenoxy) is 3. The van der Waals surface area contributed by atoms with Crippen LogP contribution in [0.4, 0.5) is 0 Å². The van der Waals surface area contributed by atoms with Crippen LogP contribution in [0.25, 0.3) is 0 Å². The first kappa shape index (κ1) is 15.2. The molecule has 4 nitrogen and oxygen atoms in total. The first-order chi connectivity index (χ1) is 8.63. The summed E-state index contributed by atoms with van der Waals surface area (Å²) < 4.78 is 15.8. The van der Waals surface area contributed by atoms with Gasteiger partial charge in [0.2, 0.25) is 0 Å². The second-order valence-electron chi connectivity index (χ2n) is 4.74. The van der Waals surface area contributed by atoms with E-state index in [2.05, 4.69) is 4.74 Å². The molecule has 0 aromatic carbocycles. The number of hydrogen-bond acceptors (Lipinski definition) is 4. The van der Waals surface area contributed by atoms with Gasteiger partial charge in [0.25, 0.3) is 0 Å². The molecule has 1 unspecified atom stereocenters. The zero-order valence-corrected chi connectivity index (χ0v) is 11.7. The minimum atomic E-state index is -0.168. The number of carbonyl (C=O) groups excluding carboxylic acids is 1. The van der Waals surface area contributed by atoms with Gasteiger partial charge in [0.05, 0.1) is 13.7 Å². The molecule has 0 amide bonds. The molecule has 0 N–H and O–H groups in total. The number of methoxy groups -OCH3 is 1. The van der Waals surface area contributed by atoms with Crippen LogP contribution in [-0.4, -0.2) is 32.6 Å². The summed E-state index contributed by atoms with van der Waals surface area (Å²) in [6.45, 7) is 5.45. The Labute approximate surface area is 109 Å². The number of hydrogen-bond donors (Lipinski definition) is 0. The van der Waals surface area contributed by atoms with E-state index in [4.69, 9.17) is 9.47 Å². The van der Waals surface area contributed by atoms with E-state index >= 15 is 0 Å². The highest BCUT2D eigenvalue weighted by atomic mass is 16.7. The molecule has 18 heavy (non-hydrogen) atoms. The third-order valence-corrected chi connectivity index (χ3v) is 3.28. The van der Waals surface area contributed by atoms with Gasteiger partial charge in [-0.05, 0) is 45.1 Å². The first-order valence-electron chi connectivity index (χ1n) is 6.58.